The fraction of sp³-hybridized carbons (Fsp3) is 0.250. The normalized spacial score (nSPS) is 16.0. The van der Waals surface area contributed by atoms with Gasteiger partial charge >= 0.3 is 0 Å². The molecule has 0 aliphatic heterocycles. The van der Waals surface area contributed by atoms with Crippen molar-refractivity contribution in [1.82, 2.24) is 4.98 Å². The zero-order valence-electron chi connectivity index (χ0n) is 10.7. The number of nitrogens with two attached hydrogens (primary N) is 1. The number of ketones is 1. The van der Waals surface area contributed by atoms with Crippen molar-refractivity contribution in [2.24, 2.45) is 0 Å². The molecule has 1 aliphatic rings. The van der Waals surface area contributed by atoms with Gasteiger partial charge in [0.25, 0.3) is 0 Å². The largest absolute Gasteiger partial charge is 0.383 e. The summed E-state index contributed by atoms with van der Waals surface area (Å²) in [6.07, 6.45) is 3.90. The first-order valence-electron chi connectivity index (χ1n) is 6.50. The molecule has 3 rings (SSSR count). The number of pyridine rings is 1. The minimum atomic E-state index is -0.274. The van der Waals surface area contributed by atoms with E-state index in [2.05, 4.69) is 4.98 Å². The van der Waals surface area contributed by atoms with E-state index >= 15 is 0 Å². The molecule has 19 heavy (non-hydrogen) atoms. The average molecular weight is 252 g/mol. The Balaban J connectivity index is 1.84. The molecule has 1 aromatic heterocycles. The van der Waals surface area contributed by atoms with Crippen LogP contribution in [0.3, 0.4) is 0 Å². The Morgan fingerprint density at radius 1 is 1.16 bits per heavy atom. The van der Waals surface area contributed by atoms with Gasteiger partial charge in [0.2, 0.25) is 0 Å². The van der Waals surface area contributed by atoms with Crippen LogP contribution < -0.4 is 5.73 Å². The number of carbonyl (C=O) groups excluding carboxylic acids is 1. The summed E-state index contributed by atoms with van der Waals surface area (Å²) in [7, 11) is 0. The maximum Gasteiger partial charge on any atom is 0.147 e. The van der Waals surface area contributed by atoms with Gasteiger partial charge in [-0.05, 0) is 24.5 Å². The quantitative estimate of drug-likeness (QED) is 0.909. The number of aromatic nitrogens is 1. The number of nitrogens with zero attached hydrogens (tertiary/aromatic N) is 1. The van der Waals surface area contributed by atoms with Crippen molar-refractivity contribution >= 4 is 11.6 Å². The summed E-state index contributed by atoms with van der Waals surface area (Å²) >= 11 is 0. The lowest BCUT2D eigenvalue weighted by Gasteiger charge is -2.14. The highest BCUT2D eigenvalue weighted by molar-refractivity contribution is 5.95. The first-order chi connectivity index (χ1) is 9.22. The van der Waals surface area contributed by atoms with Gasteiger partial charge in [-0.1, -0.05) is 36.4 Å². The highest BCUT2D eigenvalue weighted by atomic mass is 16.1. The molecule has 0 atom stereocenters. The molecule has 0 radical (unpaired) electrons. The third-order valence-corrected chi connectivity index (χ3v) is 3.89. The van der Waals surface area contributed by atoms with Crippen LogP contribution in [0.1, 0.15) is 24.0 Å². The number of nitrogen functional groups attached to an aromatic ring is 1. The molecule has 1 aromatic carbocycles. The van der Waals surface area contributed by atoms with Crippen LogP contribution in [-0.2, 0) is 16.6 Å². The van der Waals surface area contributed by atoms with Gasteiger partial charge in [0.1, 0.15) is 11.6 Å². The SMILES string of the molecule is Nc1ncccc1CC(=O)C1(c2ccccc2)CC1. The van der Waals surface area contributed by atoms with Crippen LogP contribution in [0, 0.1) is 0 Å². The summed E-state index contributed by atoms with van der Waals surface area (Å²) in [5, 5.41) is 0. The van der Waals surface area contributed by atoms with E-state index in [1.165, 1.54) is 0 Å². The second kappa shape index (κ2) is 4.50. The van der Waals surface area contributed by atoms with Crippen molar-refractivity contribution in [1.29, 1.82) is 0 Å². The van der Waals surface area contributed by atoms with E-state index in [4.69, 9.17) is 5.73 Å². The van der Waals surface area contributed by atoms with Crippen LogP contribution in [0.25, 0.3) is 0 Å². The summed E-state index contributed by atoms with van der Waals surface area (Å²) in [5.41, 5.74) is 7.49. The molecule has 1 fully saturated rings. The minimum Gasteiger partial charge on any atom is -0.383 e. The predicted octanol–water partition coefficient (Wildman–Crippen LogP) is 2.51. The monoisotopic (exact) mass is 252 g/mol. The van der Waals surface area contributed by atoms with E-state index < -0.39 is 0 Å². The maximum absolute atomic E-state index is 12.6. The van der Waals surface area contributed by atoms with Crippen molar-refractivity contribution < 1.29 is 4.79 Å². The number of hydrogen-bond donors (Lipinski definition) is 1. The van der Waals surface area contributed by atoms with Crippen molar-refractivity contribution in [3.05, 3.63) is 59.8 Å². The van der Waals surface area contributed by atoms with Gasteiger partial charge in [0.05, 0.1) is 5.41 Å². The summed E-state index contributed by atoms with van der Waals surface area (Å²) in [6, 6.07) is 13.7. The number of Topliss-reactive ketones (excluding diaryl/α,β-unsaturated/α-hetero) is 1. The summed E-state index contributed by atoms with van der Waals surface area (Å²) in [4.78, 5) is 16.6. The van der Waals surface area contributed by atoms with Crippen molar-refractivity contribution in [3.63, 3.8) is 0 Å². The van der Waals surface area contributed by atoms with E-state index in [1.54, 1.807) is 6.20 Å². The van der Waals surface area contributed by atoms with Crippen LogP contribution in [0.4, 0.5) is 5.82 Å². The Hall–Kier alpha value is -2.16. The van der Waals surface area contributed by atoms with E-state index in [0.29, 0.717) is 12.2 Å². The first kappa shape index (κ1) is 11.9. The number of hydrogen-bond acceptors (Lipinski definition) is 3. The summed E-state index contributed by atoms with van der Waals surface area (Å²) in [5.74, 6) is 0.707. The fourth-order valence-corrected chi connectivity index (χ4v) is 2.55. The Labute approximate surface area is 112 Å². The van der Waals surface area contributed by atoms with Gasteiger partial charge in [-0.3, -0.25) is 4.79 Å². The van der Waals surface area contributed by atoms with Gasteiger partial charge < -0.3 is 5.73 Å². The highest BCUT2D eigenvalue weighted by Gasteiger charge is 2.50. The van der Waals surface area contributed by atoms with Gasteiger partial charge in [-0.2, -0.15) is 0 Å². The molecule has 0 saturated heterocycles. The third kappa shape index (κ3) is 2.12. The molecular formula is C16H16N2O. The molecule has 3 nitrogen and oxygen atoms in total. The molecule has 1 heterocycles. The molecular weight excluding hydrogens is 236 g/mol. The number of carbonyl (C=O) groups is 1. The van der Waals surface area contributed by atoms with Crippen LogP contribution in [0.5, 0.6) is 0 Å². The van der Waals surface area contributed by atoms with Gasteiger partial charge in [-0.25, -0.2) is 4.98 Å². The first-order valence-corrected chi connectivity index (χ1v) is 6.50. The Kier molecular flexibility index (Phi) is 2.82. The predicted molar refractivity (Wildman–Crippen MR) is 74.7 cm³/mol. The van der Waals surface area contributed by atoms with Crippen LogP contribution in [0.2, 0.25) is 0 Å². The van der Waals surface area contributed by atoms with E-state index in [0.717, 1.165) is 24.0 Å². The maximum atomic E-state index is 12.6. The van der Waals surface area contributed by atoms with Crippen LogP contribution in [0.15, 0.2) is 48.7 Å². The molecule has 1 saturated carbocycles. The molecule has 0 amide bonds. The zero-order valence-corrected chi connectivity index (χ0v) is 10.7. The Morgan fingerprint density at radius 3 is 2.53 bits per heavy atom. The topological polar surface area (TPSA) is 56.0 Å². The zero-order chi connectivity index (χ0) is 13.3. The molecule has 3 heteroatoms. The molecule has 0 unspecified atom stereocenters. The molecule has 0 spiro atoms. The number of anilines is 1. The van der Waals surface area contributed by atoms with E-state index in [1.807, 2.05) is 42.5 Å². The standard InChI is InChI=1S/C16H16N2O/c17-15-12(5-4-10-18-15)11-14(19)16(8-9-16)13-6-2-1-3-7-13/h1-7,10H,8-9,11H2,(H2,17,18). The smallest absolute Gasteiger partial charge is 0.147 e. The molecule has 1 aliphatic carbocycles. The van der Waals surface area contributed by atoms with Gasteiger partial charge in [0, 0.05) is 18.2 Å². The highest BCUT2D eigenvalue weighted by Crippen LogP contribution is 2.49. The van der Waals surface area contributed by atoms with E-state index in [9.17, 15) is 4.79 Å². The third-order valence-electron chi connectivity index (χ3n) is 3.89. The van der Waals surface area contributed by atoms with E-state index in [-0.39, 0.29) is 11.2 Å². The van der Waals surface area contributed by atoms with Crippen LogP contribution >= 0.6 is 0 Å². The lowest BCUT2D eigenvalue weighted by Crippen LogP contribution is -2.23. The summed E-state index contributed by atoms with van der Waals surface area (Å²) < 4.78 is 0. The lowest BCUT2D eigenvalue weighted by molar-refractivity contribution is -0.120. The second-order valence-electron chi connectivity index (χ2n) is 5.10. The van der Waals surface area contributed by atoms with Gasteiger partial charge in [0.15, 0.2) is 0 Å². The van der Waals surface area contributed by atoms with Crippen molar-refractivity contribution in [3.8, 4) is 0 Å². The second-order valence-corrected chi connectivity index (χ2v) is 5.10. The fourth-order valence-electron chi connectivity index (χ4n) is 2.55. The Bertz CT molecular complexity index is 603. The lowest BCUT2D eigenvalue weighted by atomic mass is 9.88. The molecule has 2 N–H and O–H groups in total. The number of rotatable bonds is 4. The van der Waals surface area contributed by atoms with Crippen molar-refractivity contribution in [2.75, 3.05) is 5.73 Å². The Morgan fingerprint density at radius 2 is 1.89 bits per heavy atom. The molecule has 96 valence electrons. The molecule has 2 aromatic rings. The minimum absolute atomic E-state index is 0.249. The number of benzene rings is 1. The summed E-state index contributed by atoms with van der Waals surface area (Å²) in [6.45, 7) is 0. The molecule has 0 bridgehead atoms. The van der Waals surface area contributed by atoms with Gasteiger partial charge in [-0.15, -0.1) is 0 Å². The average Bonchev–Trinajstić information content (AvgIpc) is 3.24. The van der Waals surface area contributed by atoms with Crippen molar-refractivity contribution in [2.45, 2.75) is 24.7 Å². The van der Waals surface area contributed by atoms with Crippen LogP contribution in [-0.4, -0.2) is 10.8 Å².